The lowest BCUT2D eigenvalue weighted by Gasteiger charge is -2.27. The summed E-state index contributed by atoms with van der Waals surface area (Å²) in [6, 6.07) is 9.14. The first kappa shape index (κ1) is 18.7. The van der Waals surface area contributed by atoms with Crippen molar-refractivity contribution >= 4 is 5.91 Å². The molecule has 0 bridgehead atoms. The maximum atomic E-state index is 13.0. The average Bonchev–Trinajstić information content (AvgIpc) is 2.94. The third-order valence-electron chi connectivity index (χ3n) is 3.87. The highest BCUT2D eigenvalue weighted by Crippen LogP contribution is 2.18. The third-order valence-corrected chi connectivity index (χ3v) is 3.87. The van der Waals surface area contributed by atoms with Gasteiger partial charge in [0.15, 0.2) is 0 Å². The smallest absolute Gasteiger partial charge is 0.270 e. The normalized spacial score (nSPS) is 12.0. The standard InChI is InChI=1S/C19H22FN3O2/c1-13(2)10-23(12-18(24)15-4-6-16(20)7-5-15)19(25)17-8-14(9-21)11-22(17)3/h4-8,11,13,18,24H,10,12H2,1-3H3. The zero-order valence-electron chi connectivity index (χ0n) is 14.6. The Labute approximate surface area is 146 Å². The average molecular weight is 343 g/mol. The molecule has 1 amide bonds. The van der Waals surface area contributed by atoms with E-state index in [-0.39, 0.29) is 24.2 Å². The van der Waals surface area contributed by atoms with Gasteiger partial charge >= 0.3 is 0 Å². The minimum absolute atomic E-state index is 0.0930. The quantitative estimate of drug-likeness (QED) is 0.877. The Bertz CT molecular complexity index is 775. The first-order chi connectivity index (χ1) is 11.8. The lowest BCUT2D eigenvalue weighted by molar-refractivity contribution is 0.0585. The zero-order valence-corrected chi connectivity index (χ0v) is 14.6. The summed E-state index contributed by atoms with van der Waals surface area (Å²) < 4.78 is 14.6. The Morgan fingerprint density at radius 1 is 1.32 bits per heavy atom. The van der Waals surface area contributed by atoms with Crippen molar-refractivity contribution in [3.63, 3.8) is 0 Å². The molecule has 1 heterocycles. The second-order valence-corrected chi connectivity index (χ2v) is 6.51. The molecule has 1 aromatic heterocycles. The Hall–Kier alpha value is -2.65. The van der Waals surface area contributed by atoms with Crippen LogP contribution >= 0.6 is 0 Å². The first-order valence-electron chi connectivity index (χ1n) is 8.11. The van der Waals surface area contributed by atoms with Gasteiger partial charge in [-0.2, -0.15) is 5.26 Å². The topological polar surface area (TPSA) is 69.3 Å². The molecular weight excluding hydrogens is 321 g/mol. The number of benzene rings is 1. The van der Waals surface area contributed by atoms with Crippen molar-refractivity contribution in [1.82, 2.24) is 9.47 Å². The summed E-state index contributed by atoms with van der Waals surface area (Å²) >= 11 is 0. The highest BCUT2D eigenvalue weighted by molar-refractivity contribution is 5.93. The van der Waals surface area contributed by atoms with Crippen LogP contribution in [0.1, 0.15) is 41.6 Å². The Kier molecular flexibility index (Phi) is 5.94. The number of hydrogen-bond donors (Lipinski definition) is 1. The van der Waals surface area contributed by atoms with E-state index in [1.807, 2.05) is 19.9 Å². The summed E-state index contributed by atoms with van der Waals surface area (Å²) in [6.45, 7) is 4.52. The van der Waals surface area contributed by atoms with Gasteiger partial charge < -0.3 is 14.6 Å². The highest BCUT2D eigenvalue weighted by atomic mass is 19.1. The van der Waals surface area contributed by atoms with E-state index in [1.54, 1.807) is 28.8 Å². The number of rotatable bonds is 6. The monoisotopic (exact) mass is 343 g/mol. The number of halogens is 1. The molecule has 0 aliphatic rings. The van der Waals surface area contributed by atoms with Crippen LogP contribution in [0.2, 0.25) is 0 Å². The molecule has 6 heteroatoms. The fourth-order valence-corrected chi connectivity index (χ4v) is 2.68. The van der Waals surface area contributed by atoms with Crippen LogP contribution in [0.3, 0.4) is 0 Å². The molecule has 0 radical (unpaired) electrons. The van der Waals surface area contributed by atoms with E-state index in [0.29, 0.717) is 23.4 Å². The van der Waals surface area contributed by atoms with Gasteiger partial charge in [0.05, 0.1) is 18.2 Å². The predicted molar refractivity (Wildman–Crippen MR) is 92.2 cm³/mol. The largest absolute Gasteiger partial charge is 0.387 e. The van der Waals surface area contributed by atoms with E-state index in [2.05, 4.69) is 0 Å². The molecule has 1 unspecified atom stereocenters. The molecular formula is C19H22FN3O2. The van der Waals surface area contributed by atoms with Gasteiger partial charge in [-0.05, 0) is 29.7 Å². The Balaban J connectivity index is 2.22. The summed E-state index contributed by atoms with van der Waals surface area (Å²) in [5.41, 5.74) is 1.35. The van der Waals surface area contributed by atoms with Crippen molar-refractivity contribution in [2.75, 3.05) is 13.1 Å². The second kappa shape index (κ2) is 7.95. The van der Waals surface area contributed by atoms with Gasteiger partial charge in [-0.1, -0.05) is 26.0 Å². The van der Waals surface area contributed by atoms with Crippen LogP contribution in [-0.2, 0) is 7.05 Å². The molecule has 2 rings (SSSR count). The van der Waals surface area contributed by atoms with E-state index in [9.17, 15) is 14.3 Å². The molecule has 0 fully saturated rings. The van der Waals surface area contributed by atoms with Crippen molar-refractivity contribution in [2.45, 2.75) is 20.0 Å². The number of nitrogens with zero attached hydrogens (tertiary/aromatic N) is 3. The van der Waals surface area contributed by atoms with Crippen molar-refractivity contribution in [1.29, 1.82) is 5.26 Å². The number of aliphatic hydroxyl groups is 1. The molecule has 0 spiro atoms. The van der Waals surface area contributed by atoms with Gasteiger partial charge in [0.1, 0.15) is 17.6 Å². The van der Waals surface area contributed by atoms with E-state index in [4.69, 9.17) is 5.26 Å². The van der Waals surface area contributed by atoms with E-state index < -0.39 is 6.10 Å². The first-order valence-corrected chi connectivity index (χ1v) is 8.11. The van der Waals surface area contributed by atoms with Crippen LogP contribution in [0.4, 0.5) is 4.39 Å². The van der Waals surface area contributed by atoms with Gasteiger partial charge in [0.25, 0.3) is 5.91 Å². The van der Waals surface area contributed by atoms with Gasteiger partial charge in [-0.3, -0.25) is 4.79 Å². The summed E-state index contributed by atoms with van der Waals surface area (Å²) in [5.74, 6) is -0.419. The number of carbonyl (C=O) groups is 1. The van der Waals surface area contributed by atoms with Crippen LogP contribution in [0, 0.1) is 23.1 Å². The number of hydrogen-bond acceptors (Lipinski definition) is 3. The fourth-order valence-electron chi connectivity index (χ4n) is 2.68. The van der Waals surface area contributed by atoms with E-state index in [0.717, 1.165) is 0 Å². The van der Waals surface area contributed by atoms with Crippen LogP contribution in [-0.4, -0.2) is 33.6 Å². The molecule has 0 saturated carbocycles. The van der Waals surface area contributed by atoms with Crippen molar-refractivity contribution in [3.05, 3.63) is 59.2 Å². The summed E-state index contributed by atoms with van der Waals surface area (Å²) in [7, 11) is 1.71. The van der Waals surface area contributed by atoms with Crippen molar-refractivity contribution in [2.24, 2.45) is 13.0 Å². The minimum atomic E-state index is -0.918. The number of aryl methyl sites for hydroxylation is 1. The Morgan fingerprint density at radius 2 is 1.96 bits per heavy atom. The van der Waals surface area contributed by atoms with Gasteiger partial charge in [-0.15, -0.1) is 0 Å². The maximum Gasteiger partial charge on any atom is 0.270 e. The third kappa shape index (κ3) is 4.68. The maximum absolute atomic E-state index is 13.0. The molecule has 0 saturated heterocycles. The molecule has 25 heavy (non-hydrogen) atoms. The molecule has 0 aliphatic heterocycles. The number of amides is 1. The van der Waals surface area contributed by atoms with Gasteiger partial charge in [0, 0.05) is 19.8 Å². The van der Waals surface area contributed by atoms with Crippen molar-refractivity contribution < 1.29 is 14.3 Å². The van der Waals surface area contributed by atoms with Crippen molar-refractivity contribution in [3.8, 4) is 6.07 Å². The molecule has 132 valence electrons. The summed E-state index contributed by atoms with van der Waals surface area (Å²) in [6.07, 6.45) is 0.677. The fraction of sp³-hybridized carbons (Fsp3) is 0.368. The highest BCUT2D eigenvalue weighted by Gasteiger charge is 2.23. The van der Waals surface area contributed by atoms with Crippen LogP contribution in [0.5, 0.6) is 0 Å². The van der Waals surface area contributed by atoms with Crippen LogP contribution in [0.25, 0.3) is 0 Å². The summed E-state index contributed by atoms with van der Waals surface area (Å²) in [5, 5.41) is 19.4. The molecule has 1 atom stereocenters. The molecule has 2 aromatic rings. The molecule has 1 aromatic carbocycles. The zero-order chi connectivity index (χ0) is 18.6. The lowest BCUT2D eigenvalue weighted by Crippen LogP contribution is -2.38. The molecule has 1 N–H and O–H groups in total. The molecule has 0 aliphatic carbocycles. The SMILES string of the molecule is CC(C)CN(CC(O)c1ccc(F)cc1)C(=O)c1cc(C#N)cn1C. The van der Waals surface area contributed by atoms with E-state index in [1.165, 1.54) is 24.3 Å². The summed E-state index contributed by atoms with van der Waals surface area (Å²) in [4.78, 5) is 14.4. The Morgan fingerprint density at radius 3 is 2.48 bits per heavy atom. The minimum Gasteiger partial charge on any atom is -0.387 e. The van der Waals surface area contributed by atoms with E-state index >= 15 is 0 Å². The number of carbonyl (C=O) groups excluding carboxylic acids is 1. The van der Waals surface area contributed by atoms with Crippen LogP contribution < -0.4 is 0 Å². The van der Waals surface area contributed by atoms with Gasteiger partial charge in [-0.25, -0.2) is 4.39 Å². The van der Waals surface area contributed by atoms with Crippen LogP contribution in [0.15, 0.2) is 36.5 Å². The number of nitriles is 1. The number of aliphatic hydroxyl groups excluding tert-OH is 1. The van der Waals surface area contributed by atoms with Gasteiger partial charge in [0.2, 0.25) is 0 Å². The predicted octanol–water partition coefficient (Wildman–Crippen LogP) is 2.87. The lowest BCUT2D eigenvalue weighted by atomic mass is 10.1. The second-order valence-electron chi connectivity index (χ2n) is 6.51. The molecule has 5 nitrogen and oxygen atoms in total. The number of aromatic nitrogens is 1.